The van der Waals surface area contributed by atoms with Crippen LogP contribution in [0.1, 0.15) is 32.4 Å². The lowest BCUT2D eigenvalue weighted by molar-refractivity contribution is -0.147. The molecule has 7 nitrogen and oxygen atoms in total. The fourth-order valence-corrected chi connectivity index (χ4v) is 4.96. The van der Waals surface area contributed by atoms with Gasteiger partial charge in [0.1, 0.15) is 5.92 Å². The Morgan fingerprint density at radius 3 is 1.97 bits per heavy atom. The predicted octanol–water partition coefficient (Wildman–Crippen LogP) is 4.19. The molecule has 1 saturated heterocycles. The average molecular weight is 476 g/mol. The molecular weight excluding hydrogens is 458 g/mol. The molecule has 1 fully saturated rings. The van der Waals surface area contributed by atoms with Crippen molar-refractivity contribution in [2.45, 2.75) is 11.7 Å². The average Bonchev–Trinajstić information content (AvgIpc) is 3.31. The Bertz CT molecular complexity index is 1290. The summed E-state index contributed by atoms with van der Waals surface area (Å²) in [5.74, 6) is -6.78. The first-order valence-corrected chi connectivity index (χ1v) is 10.9. The van der Waals surface area contributed by atoms with Crippen molar-refractivity contribution in [3.05, 3.63) is 101 Å². The van der Waals surface area contributed by atoms with E-state index >= 15 is 0 Å². The molecule has 2 aliphatic rings. The molecule has 0 saturated carbocycles. The number of fused-ring (bicyclic) bond motifs is 1. The molecular formula is C26H18ClNO6. The van der Waals surface area contributed by atoms with Crippen LogP contribution in [0.3, 0.4) is 0 Å². The second-order valence-corrected chi connectivity index (χ2v) is 8.66. The van der Waals surface area contributed by atoms with Crippen LogP contribution < -0.4 is 5.32 Å². The van der Waals surface area contributed by atoms with Gasteiger partial charge < -0.3 is 15.2 Å². The highest BCUT2D eigenvalue weighted by molar-refractivity contribution is 6.34. The number of carbonyl (C=O) groups is 4. The number of benzene rings is 3. The Morgan fingerprint density at radius 1 is 0.853 bits per heavy atom. The van der Waals surface area contributed by atoms with Crippen molar-refractivity contribution in [2.24, 2.45) is 11.8 Å². The molecule has 0 bridgehead atoms. The number of hydrogen-bond donors (Lipinski definition) is 2. The van der Waals surface area contributed by atoms with E-state index in [4.69, 9.17) is 16.3 Å². The van der Waals surface area contributed by atoms with Crippen LogP contribution in [-0.4, -0.2) is 34.2 Å². The maximum Gasteiger partial charge on any atom is 0.311 e. The number of ketones is 2. The standard InChI is InChI=1S/C26H18ClNO6/c27-15-12-10-14(11-13-15)21-19(24(31)28-16-6-2-1-3-7-16)20(25(32)33)26(34-21)22(29)17-8-4-5-9-18(17)23(26)30/h1-13,19-21H,(H,28,31)(H,32,33)/t19-,20-,21-/m1/s1. The van der Waals surface area contributed by atoms with Crippen LogP contribution in [0.5, 0.6) is 0 Å². The summed E-state index contributed by atoms with van der Waals surface area (Å²) >= 11 is 6.01. The van der Waals surface area contributed by atoms with Crippen molar-refractivity contribution in [3.63, 3.8) is 0 Å². The molecule has 170 valence electrons. The first kappa shape index (κ1) is 22.0. The second kappa shape index (κ2) is 8.20. The van der Waals surface area contributed by atoms with E-state index in [0.717, 1.165) is 0 Å². The Morgan fingerprint density at radius 2 is 1.41 bits per heavy atom. The zero-order chi connectivity index (χ0) is 24.0. The maximum atomic E-state index is 13.5. The maximum absolute atomic E-state index is 13.5. The summed E-state index contributed by atoms with van der Waals surface area (Å²) in [6, 6.07) is 20.9. The van der Waals surface area contributed by atoms with Gasteiger partial charge in [-0.3, -0.25) is 19.2 Å². The van der Waals surface area contributed by atoms with Crippen LogP contribution in [0.4, 0.5) is 5.69 Å². The van der Waals surface area contributed by atoms with E-state index in [2.05, 4.69) is 5.32 Å². The van der Waals surface area contributed by atoms with Crippen LogP contribution in [0, 0.1) is 11.8 Å². The zero-order valence-corrected chi connectivity index (χ0v) is 18.4. The van der Waals surface area contributed by atoms with Crippen molar-refractivity contribution in [3.8, 4) is 0 Å². The van der Waals surface area contributed by atoms with E-state index in [1.165, 1.54) is 12.1 Å². The Labute approximate surface area is 199 Å². The summed E-state index contributed by atoms with van der Waals surface area (Å²) in [7, 11) is 0. The monoisotopic (exact) mass is 475 g/mol. The van der Waals surface area contributed by atoms with Gasteiger partial charge in [0, 0.05) is 21.8 Å². The third kappa shape index (κ3) is 3.24. The normalized spacial score (nSPS) is 22.6. The molecule has 3 aromatic carbocycles. The largest absolute Gasteiger partial charge is 0.481 e. The summed E-state index contributed by atoms with van der Waals surface area (Å²) in [6.45, 7) is 0. The molecule has 0 aromatic heterocycles. The molecule has 0 unspecified atom stereocenters. The molecule has 34 heavy (non-hydrogen) atoms. The summed E-state index contributed by atoms with van der Waals surface area (Å²) in [5.41, 5.74) is -1.31. The van der Waals surface area contributed by atoms with E-state index in [1.54, 1.807) is 66.7 Å². The molecule has 3 aromatic rings. The lowest BCUT2D eigenvalue weighted by Gasteiger charge is -2.25. The molecule has 2 N–H and O–H groups in total. The number of para-hydroxylation sites is 1. The molecule has 3 atom stereocenters. The minimum absolute atomic E-state index is 0.0812. The third-order valence-electron chi connectivity index (χ3n) is 6.34. The summed E-state index contributed by atoms with van der Waals surface area (Å²) in [6.07, 6.45) is -1.18. The number of rotatable bonds is 4. The number of aliphatic carboxylic acids is 1. The molecule has 1 aliphatic heterocycles. The number of nitrogens with one attached hydrogen (secondary N) is 1. The van der Waals surface area contributed by atoms with E-state index in [9.17, 15) is 24.3 Å². The zero-order valence-electron chi connectivity index (χ0n) is 17.6. The number of carboxylic acid groups (broad SMARTS) is 1. The molecule has 0 radical (unpaired) electrons. The highest BCUT2D eigenvalue weighted by atomic mass is 35.5. The van der Waals surface area contributed by atoms with Crippen LogP contribution in [0.2, 0.25) is 5.02 Å². The van der Waals surface area contributed by atoms with Gasteiger partial charge in [-0.15, -0.1) is 0 Å². The summed E-state index contributed by atoms with van der Waals surface area (Å²) in [5, 5.41) is 13.4. The highest BCUT2D eigenvalue weighted by Gasteiger charge is 2.71. The topological polar surface area (TPSA) is 110 Å². The molecule has 1 amide bonds. The van der Waals surface area contributed by atoms with E-state index < -0.39 is 47.0 Å². The van der Waals surface area contributed by atoms with Gasteiger partial charge in [0.25, 0.3) is 0 Å². The SMILES string of the molecule is O=C(Nc1ccccc1)[C@H]1[C@@H](c2ccc(Cl)cc2)OC2(C(=O)c3ccccc3C2=O)[C@H]1C(=O)O. The lowest BCUT2D eigenvalue weighted by Crippen LogP contribution is -2.52. The second-order valence-electron chi connectivity index (χ2n) is 8.23. The first-order valence-electron chi connectivity index (χ1n) is 10.5. The smallest absolute Gasteiger partial charge is 0.311 e. The minimum atomic E-state index is -2.35. The Kier molecular flexibility index (Phi) is 5.31. The van der Waals surface area contributed by atoms with E-state index in [0.29, 0.717) is 16.3 Å². The fraction of sp³-hybridized carbons (Fsp3) is 0.154. The predicted molar refractivity (Wildman–Crippen MR) is 123 cm³/mol. The van der Waals surface area contributed by atoms with Crippen molar-refractivity contribution < 1.29 is 29.0 Å². The van der Waals surface area contributed by atoms with Gasteiger partial charge in [-0.2, -0.15) is 0 Å². The lowest BCUT2D eigenvalue weighted by atomic mass is 9.75. The van der Waals surface area contributed by atoms with Crippen LogP contribution >= 0.6 is 11.6 Å². The highest BCUT2D eigenvalue weighted by Crippen LogP contribution is 2.54. The summed E-state index contributed by atoms with van der Waals surface area (Å²) < 4.78 is 6.10. The quantitative estimate of drug-likeness (QED) is 0.548. The van der Waals surface area contributed by atoms with Gasteiger partial charge in [0.2, 0.25) is 23.1 Å². The van der Waals surface area contributed by atoms with Crippen molar-refractivity contribution >= 4 is 40.7 Å². The van der Waals surface area contributed by atoms with Crippen molar-refractivity contribution in [1.29, 1.82) is 0 Å². The van der Waals surface area contributed by atoms with Gasteiger partial charge in [-0.1, -0.05) is 66.2 Å². The molecule has 1 aliphatic carbocycles. The Balaban J connectivity index is 1.66. The van der Waals surface area contributed by atoms with E-state index in [-0.39, 0.29) is 11.1 Å². The Hall–Kier alpha value is -3.81. The number of amides is 1. The van der Waals surface area contributed by atoms with Crippen LogP contribution in [0.15, 0.2) is 78.9 Å². The number of hydrogen-bond acceptors (Lipinski definition) is 5. The van der Waals surface area contributed by atoms with Crippen LogP contribution in [0.25, 0.3) is 0 Å². The van der Waals surface area contributed by atoms with Crippen molar-refractivity contribution in [1.82, 2.24) is 0 Å². The van der Waals surface area contributed by atoms with Gasteiger partial charge in [0.15, 0.2) is 0 Å². The third-order valence-corrected chi connectivity index (χ3v) is 6.59. The van der Waals surface area contributed by atoms with Gasteiger partial charge in [-0.05, 0) is 29.8 Å². The number of Topliss-reactive ketones (excluding diaryl/α,β-unsaturated/α-hetero) is 2. The van der Waals surface area contributed by atoms with E-state index in [1.807, 2.05) is 0 Å². The molecule has 8 heteroatoms. The van der Waals surface area contributed by atoms with Crippen molar-refractivity contribution in [2.75, 3.05) is 5.32 Å². The first-order chi connectivity index (χ1) is 16.3. The van der Waals surface area contributed by atoms with Crippen LogP contribution in [-0.2, 0) is 14.3 Å². The van der Waals surface area contributed by atoms with Gasteiger partial charge in [-0.25, -0.2) is 0 Å². The molecule has 1 heterocycles. The molecule has 5 rings (SSSR count). The minimum Gasteiger partial charge on any atom is -0.481 e. The summed E-state index contributed by atoms with van der Waals surface area (Å²) in [4.78, 5) is 53.2. The van der Waals surface area contributed by atoms with Gasteiger partial charge >= 0.3 is 5.97 Å². The fourth-order valence-electron chi connectivity index (χ4n) is 4.84. The number of ether oxygens (including phenoxy) is 1. The van der Waals surface area contributed by atoms with Gasteiger partial charge in [0.05, 0.1) is 12.0 Å². The number of anilines is 1. The number of carboxylic acids is 1. The number of halogens is 1. The molecule has 1 spiro atoms. The number of carbonyl (C=O) groups excluding carboxylic acids is 3.